The normalized spacial score (nSPS) is 39.6. The van der Waals surface area contributed by atoms with E-state index in [-0.39, 0.29) is 0 Å². The highest BCUT2D eigenvalue weighted by Gasteiger charge is 2.47. The van der Waals surface area contributed by atoms with Crippen LogP contribution in [0.2, 0.25) is 0 Å². The van der Waals surface area contributed by atoms with Gasteiger partial charge in [0.1, 0.15) is 0 Å². The molecule has 3 nitrogen and oxygen atoms in total. The van der Waals surface area contributed by atoms with Crippen molar-refractivity contribution >= 4 is 0 Å². The van der Waals surface area contributed by atoms with Crippen molar-refractivity contribution in [1.29, 1.82) is 0 Å². The molecule has 3 fully saturated rings. The summed E-state index contributed by atoms with van der Waals surface area (Å²) in [4.78, 5) is 5.35. The molecule has 0 saturated carbocycles. The number of likely N-dealkylation sites (tertiary alicyclic amines) is 2. The molecule has 2 bridgehead atoms. The van der Waals surface area contributed by atoms with Gasteiger partial charge in [-0.1, -0.05) is 0 Å². The van der Waals surface area contributed by atoms with Crippen LogP contribution in [-0.2, 0) is 4.74 Å². The van der Waals surface area contributed by atoms with E-state index in [2.05, 4.69) is 23.6 Å². The van der Waals surface area contributed by atoms with Crippen LogP contribution in [0, 0.1) is 0 Å². The molecule has 0 N–H and O–H groups in total. The molecule has 3 heterocycles. The van der Waals surface area contributed by atoms with Crippen LogP contribution in [0.25, 0.3) is 0 Å². The van der Waals surface area contributed by atoms with Crippen LogP contribution in [0.4, 0.5) is 0 Å². The van der Waals surface area contributed by atoms with Crippen molar-refractivity contribution in [1.82, 2.24) is 9.80 Å². The molecule has 3 aliphatic heterocycles. The number of rotatable bonds is 2. The van der Waals surface area contributed by atoms with Gasteiger partial charge in [0, 0.05) is 31.2 Å². The lowest BCUT2D eigenvalue weighted by Gasteiger charge is -2.43. The first-order valence-corrected chi connectivity index (χ1v) is 5.85. The van der Waals surface area contributed by atoms with Gasteiger partial charge < -0.3 is 4.74 Å². The molecule has 3 saturated heterocycles. The summed E-state index contributed by atoms with van der Waals surface area (Å²) in [6.07, 6.45) is 1.40. The van der Waals surface area contributed by atoms with E-state index in [0.29, 0.717) is 0 Å². The largest absolute Gasteiger partial charge is 0.378 e. The van der Waals surface area contributed by atoms with Gasteiger partial charge in [0.2, 0.25) is 0 Å². The van der Waals surface area contributed by atoms with E-state index in [1.54, 1.807) is 0 Å². The minimum Gasteiger partial charge on any atom is -0.378 e. The highest BCUT2D eigenvalue weighted by Crippen LogP contribution is 2.34. The van der Waals surface area contributed by atoms with E-state index < -0.39 is 0 Å². The predicted octanol–water partition coefficient (Wildman–Crippen LogP) is 0.552. The topological polar surface area (TPSA) is 15.7 Å². The lowest BCUT2D eigenvalue weighted by molar-refractivity contribution is -0.0816. The van der Waals surface area contributed by atoms with Crippen LogP contribution < -0.4 is 0 Å². The van der Waals surface area contributed by atoms with Crippen LogP contribution in [0.15, 0.2) is 0 Å². The molecule has 3 rings (SSSR count). The molecular formula is C11H20N2O. The van der Waals surface area contributed by atoms with Crippen LogP contribution in [0.5, 0.6) is 0 Å². The summed E-state index contributed by atoms with van der Waals surface area (Å²) in [6, 6.07) is 3.14. The number of piperazine rings is 1. The first-order chi connectivity index (χ1) is 6.75. The van der Waals surface area contributed by atoms with Crippen LogP contribution >= 0.6 is 0 Å². The third-order valence-electron chi connectivity index (χ3n) is 4.08. The first-order valence-electron chi connectivity index (χ1n) is 5.85. The molecule has 0 aromatic heterocycles. The van der Waals surface area contributed by atoms with Gasteiger partial charge in [0.25, 0.3) is 0 Å². The van der Waals surface area contributed by atoms with E-state index in [1.165, 1.54) is 19.5 Å². The minimum atomic E-state index is 0.727. The molecule has 0 spiro atoms. The maximum atomic E-state index is 5.27. The van der Waals surface area contributed by atoms with Gasteiger partial charge in [-0.25, -0.2) is 0 Å². The Morgan fingerprint density at radius 1 is 1.07 bits per heavy atom. The van der Waals surface area contributed by atoms with Crippen molar-refractivity contribution in [2.24, 2.45) is 0 Å². The van der Waals surface area contributed by atoms with Crippen molar-refractivity contribution in [2.75, 3.05) is 26.3 Å². The Morgan fingerprint density at radius 3 is 2.29 bits per heavy atom. The third kappa shape index (κ3) is 1.23. The summed E-state index contributed by atoms with van der Waals surface area (Å²) in [5.41, 5.74) is 0. The maximum Gasteiger partial charge on any atom is 0.0645 e. The minimum absolute atomic E-state index is 0.727. The molecule has 0 amide bonds. The van der Waals surface area contributed by atoms with Crippen molar-refractivity contribution in [2.45, 2.75) is 44.4 Å². The molecule has 14 heavy (non-hydrogen) atoms. The van der Waals surface area contributed by atoms with Gasteiger partial charge in [-0.05, 0) is 20.3 Å². The van der Waals surface area contributed by atoms with E-state index in [4.69, 9.17) is 4.74 Å². The summed E-state index contributed by atoms with van der Waals surface area (Å²) < 4.78 is 5.27. The highest BCUT2D eigenvalue weighted by molar-refractivity contribution is 5.03. The van der Waals surface area contributed by atoms with Gasteiger partial charge >= 0.3 is 0 Å². The number of nitrogens with zero attached hydrogens (tertiary/aromatic N) is 2. The molecule has 0 aliphatic carbocycles. The first kappa shape index (κ1) is 9.13. The summed E-state index contributed by atoms with van der Waals surface area (Å²) in [5.74, 6) is 0. The molecular weight excluding hydrogens is 176 g/mol. The summed E-state index contributed by atoms with van der Waals surface area (Å²) in [7, 11) is 0. The Hall–Kier alpha value is -0.120. The van der Waals surface area contributed by atoms with Gasteiger partial charge in [0.15, 0.2) is 0 Å². The Bertz CT molecular complexity index is 227. The Kier molecular flexibility index (Phi) is 2.08. The van der Waals surface area contributed by atoms with E-state index in [9.17, 15) is 0 Å². The van der Waals surface area contributed by atoms with Crippen LogP contribution in [0.3, 0.4) is 0 Å². The van der Waals surface area contributed by atoms with Crippen LogP contribution in [0.1, 0.15) is 20.3 Å². The third-order valence-corrected chi connectivity index (χ3v) is 4.08. The average molecular weight is 196 g/mol. The second-order valence-corrected chi connectivity index (χ2v) is 5.22. The fourth-order valence-electron chi connectivity index (χ4n) is 3.22. The lowest BCUT2D eigenvalue weighted by Crippen LogP contribution is -2.57. The number of hydrogen-bond acceptors (Lipinski definition) is 3. The SMILES string of the molecule is CC(C)N1C[C@@H]2C[C@H]1CN2C1COC1. The van der Waals surface area contributed by atoms with Gasteiger partial charge in [-0.15, -0.1) is 0 Å². The number of fused-ring (bicyclic) bond motifs is 2. The van der Waals surface area contributed by atoms with E-state index >= 15 is 0 Å². The fraction of sp³-hybridized carbons (Fsp3) is 1.00. The second kappa shape index (κ2) is 3.19. The lowest BCUT2D eigenvalue weighted by atomic mass is 10.1. The second-order valence-electron chi connectivity index (χ2n) is 5.22. The van der Waals surface area contributed by atoms with Gasteiger partial charge in [-0.2, -0.15) is 0 Å². The highest BCUT2D eigenvalue weighted by atomic mass is 16.5. The maximum absolute atomic E-state index is 5.27. The number of ether oxygens (including phenoxy) is 1. The summed E-state index contributed by atoms with van der Waals surface area (Å²) in [6.45, 7) is 9.17. The molecule has 3 heteroatoms. The quantitative estimate of drug-likeness (QED) is 0.641. The fourth-order valence-corrected chi connectivity index (χ4v) is 3.22. The van der Waals surface area contributed by atoms with Crippen molar-refractivity contribution in [3.05, 3.63) is 0 Å². The molecule has 3 aliphatic rings. The van der Waals surface area contributed by atoms with Gasteiger partial charge in [0.05, 0.1) is 19.3 Å². The molecule has 0 aromatic carbocycles. The zero-order chi connectivity index (χ0) is 9.71. The summed E-state index contributed by atoms with van der Waals surface area (Å²) in [5, 5.41) is 0. The standard InChI is InChI=1S/C11H20N2O/c1-8(2)12-4-10-3-9(12)5-13(10)11-6-14-7-11/h8-11H,3-7H2,1-2H3/t9-,10-/m0/s1. The smallest absolute Gasteiger partial charge is 0.0645 e. The summed E-state index contributed by atoms with van der Waals surface area (Å²) >= 11 is 0. The Balaban J connectivity index is 1.65. The van der Waals surface area contributed by atoms with Crippen molar-refractivity contribution < 1.29 is 4.74 Å². The molecule has 0 unspecified atom stereocenters. The Morgan fingerprint density at radius 2 is 1.86 bits per heavy atom. The zero-order valence-corrected chi connectivity index (χ0v) is 9.15. The predicted molar refractivity (Wildman–Crippen MR) is 55.3 cm³/mol. The molecule has 2 atom stereocenters. The van der Waals surface area contributed by atoms with Gasteiger partial charge in [-0.3, -0.25) is 9.80 Å². The van der Waals surface area contributed by atoms with E-state index in [0.717, 1.165) is 37.4 Å². The zero-order valence-electron chi connectivity index (χ0n) is 9.15. The molecule has 0 aromatic rings. The average Bonchev–Trinajstić information content (AvgIpc) is 2.58. The monoisotopic (exact) mass is 196 g/mol. The molecule has 80 valence electrons. The van der Waals surface area contributed by atoms with Crippen molar-refractivity contribution in [3.8, 4) is 0 Å². The Labute approximate surface area is 86.0 Å². The van der Waals surface area contributed by atoms with E-state index in [1.807, 2.05) is 0 Å². The molecule has 0 radical (unpaired) electrons. The van der Waals surface area contributed by atoms with Crippen molar-refractivity contribution in [3.63, 3.8) is 0 Å². The number of hydrogen-bond donors (Lipinski definition) is 0. The van der Waals surface area contributed by atoms with Crippen LogP contribution in [-0.4, -0.2) is 60.3 Å².